The van der Waals surface area contributed by atoms with Crippen molar-refractivity contribution in [2.45, 2.75) is 90.6 Å². The molecule has 3 heterocycles. The Hall–Kier alpha value is -2.69. The second kappa shape index (κ2) is 9.52. The van der Waals surface area contributed by atoms with Crippen LogP contribution in [0.5, 0.6) is 0 Å². The molecule has 0 aromatic carbocycles. The first-order chi connectivity index (χ1) is 15.7. The number of likely N-dealkylation sites (N-methyl/N-ethyl adjacent to an activating group) is 1. The standard InChI is InChI=1S/C23H38N6O5/c1-22(2,3)18(20(32)28-12-14(30)11-17(28)19(31)24-7)29-13-15(25-26-29)16-9-8-10-27(16)21(33)34-23(4,5)6/h13-14,16-18,30H,8-12H2,1-7H3,(H,24,31)/t14-,16?,17+,18+/m0/s1. The molecule has 34 heavy (non-hydrogen) atoms. The van der Waals surface area contributed by atoms with Gasteiger partial charge in [-0.05, 0) is 39.0 Å². The first-order valence-electron chi connectivity index (χ1n) is 11.8. The number of nitrogens with one attached hydrogen (secondary N) is 1. The Labute approximate surface area is 200 Å². The van der Waals surface area contributed by atoms with Gasteiger partial charge in [0.25, 0.3) is 0 Å². The van der Waals surface area contributed by atoms with Gasteiger partial charge < -0.3 is 20.1 Å². The molecule has 2 aliphatic heterocycles. The highest BCUT2D eigenvalue weighted by Gasteiger charge is 2.45. The number of carbonyl (C=O) groups excluding carboxylic acids is 3. The number of aliphatic hydroxyl groups is 1. The Morgan fingerprint density at radius 3 is 2.44 bits per heavy atom. The van der Waals surface area contributed by atoms with Crippen molar-refractivity contribution in [1.29, 1.82) is 0 Å². The largest absolute Gasteiger partial charge is 0.444 e. The Kier molecular flexibility index (Phi) is 7.26. The van der Waals surface area contributed by atoms with Crippen molar-refractivity contribution in [3.63, 3.8) is 0 Å². The Morgan fingerprint density at radius 2 is 1.85 bits per heavy atom. The van der Waals surface area contributed by atoms with E-state index in [9.17, 15) is 19.5 Å². The molecule has 190 valence electrons. The Bertz CT molecular complexity index is 918. The average molecular weight is 479 g/mol. The smallest absolute Gasteiger partial charge is 0.410 e. The van der Waals surface area contributed by atoms with Crippen LogP contribution in [0.4, 0.5) is 4.79 Å². The fourth-order valence-electron chi connectivity index (χ4n) is 4.69. The van der Waals surface area contributed by atoms with Crippen molar-refractivity contribution in [2.75, 3.05) is 20.1 Å². The number of carbonyl (C=O) groups is 3. The van der Waals surface area contributed by atoms with Crippen LogP contribution < -0.4 is 5.32 Å². The minimum absolute atomic E-state index is 0.0834. The molecule has 1 aromatic heterocycles. The van der Waals surface area contributed by atoms with Gasteiger partial charge in [-0.15, -0.1) is 5.10 Å². The number of nitrogens with zero attached hydrogens (tertiary/aromatic N) is 5. The number of hydrogen-bond donors (Lipinski definition) is 2. The molecular weight excluding hydrogens is 440 g/mol. The Morgan fingerprint density at radius 1 is 1.18 bits per heavy atom. The zero-order valence-corrected chi connectivity index (χ0v) is 21.2. The van der Waals surface area contributed by atoms with Gasteiger partial charge in [-0.1, -0.05) is 26.0 Å². The second-order valence-electron chi connectivity index (χ2n) is 11.2. The van der Waals surface area contributed by atoms with Gasteiger partial charge in [0.15, 0.2) is 0 Å². The van der Waals surface area contributed by atoms with Gasteiger partial charge in [0.2, 0.25) is 11.8 Å². The number of ether oxygens (including phenoxy) is 1. The zero-order chi connectivity index (χ0) is 25.4. The molecule has 1 unspecified atom stereocenters. The minimum Gasteiger partial charge on any atom is -0.444 e. The van der Waals surface area contributed by atoms with E-state index < -0.39 is 35.3 Å². The summed E-state index contributed by atoms with van der Waals surface area (Å²) in [5.74, 6) is -0.611. The molecule has 0 aliphatic carbocycles. The Balaban J connectivity index is 1.87. The third-order valence-corrected chi connectivity index (χ3v) is 6.18. The van der Waals surface area contributed by atoms with Gasteiger partial charge in [0, 0.05) is 26.6 Å². The van der Waals surface area contributed by atoms with Crippen molar-refractivity contribution in [3.05, 3.63) is 11.9 Å². The second-order valence-corrected chi connectivity index (χ2v) is 11.2. The summed E-state index contributed by atoms with van der Waals surface area (Å²) in [4.78, 5) is 41.9. The van der Waals surface area contributed by atoms with Crippen LogP contribution in [0.2, 0.25) is 0 Å². The number of aliphatic hydroxyl groups excluding tert-OH is 1. The van der Waals surface area contributed by atoms with Crippen LogP contribution in [-0.2, 0) is 14.3 Å². The van der Waals surface area contributed by atoms with E-state index >= 15 is 0 Å². The molecule has 4 atom stereocenters. The molecule has 0 radical (unpaired) electrons. The molecular formula is C23H38N6O5. The van der Waals surface area contributed by atoms with Crippen molar-refractivity contribution >= 4 is 17.9 Å². The summed E-state index contributed by atoms with van der Waals surface area (Å²) in [6.45, 7) is 11.9. The molecule has 11 heteroatoms. The number of amides is 3. The number of aromatic nitrogens is 3. The van der Waals surface area contributed by atoms with Crippen molar-refractivity contribution in [3.8, 4) is 0 Å². The van der Waals surface area contributed by atoms with Crippen LogP contribution in [-0.4, -0.2) is 85.7 Å². The van der Waals surface area contributed by atoms with E-state index in [1.807, 2.05) is 41.5 Å². The highest BCUT2D eigenvalue weighted by atomic mass is 16.6. The van der Waals surface area contributed by atoms with Gasteiger partial charge in [0.1, 0.15) is 23.4 Å². The van der Waals surface area contributed by atoms with Gasteiger partial charge in [-0.3, -0.25) is 14.5 Å². The van der Waals surface area contributed by atoms with E-state index in [0.717, 1.165) is 12.8 Å². The fourth-order valence-corrected chi connectivity index (χ4v) is 4.69. The van der Waals surface area contributed by atoms with E-state index in [-0.39, 0.29) is 30.8 Å². The van der Waals surface area contributed by atoms with Crippen molar-refractivity contribution in [2.24, 2.45) is 5.41 Å². The lowest BCUT2D eigenvalue weighted by molar-refractivity contribution is -0.144. The number of hydrogen-bond acceptors (Lipinski definition) is 7. The van der Waals surface area contributed by atoms with Crippen molar-refractivity contribution in [1.82, 2.24) is 30.1 Å². The van der Waals surface area contributed by atoms with E-state index in [4.69, 9.17) is 4.74 Å². The number of rotatable bonds is 4. The molecule has 2 fully saturated rings. The molecule has 2 aliphatic rings. The summed E-state index contributed by atoms with van der Waals surface area (Å²) < 4.78 is 7.07. The maximum absolute atomic E-state index is 13.7. The average Bonchev–Trinajstić information content (AvgIpc) is 3.43. The third-order valence-electron chi connectivity index (χ3n) is 6.18. The molecule has 3 rings (SSSR count). The first kappa shape index (κ1) is 25.9. The summed E-state index contributed by atoms with van der Waals surface area (Å²) in [6.07, 6.45) is 2.29. The molecule has 2 saturated heterocycles. The molecule has 0 bridgehead atoms. The van der Waals surface area contributed by atoms with Gasteiger partial charge in [0.05, 0.1) is 18.3 Å². The van der Waals surface area contributed by atoms with Crippen LogP contribution in [0, 0.1) is 5.41 Å². The molecule has 0 spiro atoms. The molecule has 1 aromatic rings. The predicted octanol–water partition coefficient (Wildman–Crippen LogP) is 1.65. The summed E-state index contributed by atoms with van der Waals surface area (Å²) in [5, 5.41) is 21.3. The topological polar surface area (TPSA) is 130 Å². The monoisotopic (exact) mass is 478 g/mol. The van der Waals surface area contributed by atoms with Crippen molar-refractivity contribution < 1.29 is 24.2 Å². The highest BCUT2D eigenvalue weighted by Crippen LogP contribution is 2.36. The normalized spacial score (nSPS) is 24.3. The summed E-state index contributed by atoms with van der Waals surface area (Å²) in [6, 6.07) is -1.77. The molecule has 3 amide bonds. The van der Waals surface area contributed by atoms with Gasteiger partial charge >= 0.3 is 6.09 Å². The molecule has 11 nitrogen and oxygen atoms in total. The number of β-amino-alcohol motifs (C(OH)–C–C–N with tert-alkyl or cyclic N) is 1. The quantitative estimate of drug-likeness (QED) is 0.673. The highest BCUT2D eigenvalue weighted by molar-refractivity contribution is 5.90. The van der Waals surface area contributed by atoms with Crippen LogP contribution >= 0.6 is 0 Å². The molecule has 0 saturated carbocycles. The lowest BCUT2D eigenvalue weighted by Crippen LogP contribution is -2.49. The predicted molar refractivity (Wildman–Crippen MR) is 124 cm³/mol. The van der Waals surface area contributed by atoms with E-state index in [2.05, 4.69) is 15.6 Å². The molecule has 2 N–H and O–H groups in total. The minimum atomic E-state index is -0.765. The van der Waals surface area contributed by atoms with E-state index in [1.165, 1.54) is 16.6 Å². The maximum Gasteiger partial charge on any atom is 0.410 e. The summed E-state index contributed by atoms with van der Waals surface area (Å²) in [5.41, 5.74) is -0.564. The van der Waals surface area contributed by atoms with E-state index in [1.54, 1.807) is 11.1 Å². The summed E-state index contributed by atoms with van der Waals surface area (Å²) >= 11 is 0. The summed E-state index contributed by atoms with van der Waals surface area (Å²) in [7, 11) is 1.51. The number of likely N-dealkylation sites (tertiary alicyclic amines) is 2. The van der Waals surface area contributed by atoms with E-state index in [0.29, 0.717) is 12.2 Å². The zero-order valence-electron chi connectivity index (χ0n) is 21.2. The first-order valence-corrected chi connectivity index (χ1v) is 11.8. The van der Waals surface area contributed by atoms with Crippen LogP contribution in [0.3, 0.4) is 0 Å². The van der Waals surface area contributed by atoms with Crippen LogP contribution in [0.25, 0.3) is 0 Å². The third kappa shape index (κ3) is 5.51. The maximum atomic E-state index is 13.7. The lowest BCUT2D eigenvalue weighted by atomic mass is 9.85. The van der Waals surface area contributed by atoms with Gasteiger partial charge in [-0.2, -0.15) is 0 Å². The van der Waals surface area contributed by atoms with Crippen LogP contribution in [0.15, 0.2) is 6.20 Å². The van der Waals surface area contributed by atoms with Gasteiger partial charge in [-0.25, -0.2) is 9.48 Å². The van der Waals surface area contributed by atoms with Crippen LogP contribution in [0.1, 0.15) is 78.6 Å². The fraction of sp³-hybridized carbons (Fsp3) is 0.783. The SMILES string of the molecule is CNC(=O)[C@H]1C[C@H](O)CN1C(=O)[C@@H](n1cc(C2CCCN2C(=O)OC(C)(C)C)nn1)C(C)(C)C. The lowest BCUT2D eigenvalue weighted by Gasteiger charge is -2.34.